The molecule has 1 saturated carbocycles. The normalized spacial score (nSPS) is 28.3. The molecular weight excluding hydrogens is 226 g/mol. The van der Waals surface area contributed by atoms with E-state index in [1.54, 1.807) is 18.6 Å². The molecule has 1 aliphatic rings. The first kappa shape index (κ1) is 13.1. The monoisotopic (exact) mass is 247 g/mol. The number of likely N-dealkylation sites (N-methyl/N-ethyl adjacent to an activating group) is 1. The van der Waals surface area contributed by atoms with Crippen molar-refractivity contribution in [3.8, 4) is 0 Å². The minimum Gasteiger partial charge on any atom is -0.297 e. The lowest BCUT2D eigenvalue weighted by atomic mass is 9.72. The molecular formula is C14H21N3O. The Labute approximate surface area is 108 Å². The molecule has 0 saturated heterocycles. The number of nitrogens with zero attached hydrogens (tertiary/aromatic N) is 3. The average molecular weight is 247 g/mol. The van der Waals surface area contributed by atoms with Gasteiger partial charge in [0.25, 0.3) is 0 Å². The van der Waals surface area contributed by atoms with Crippen molar-refractivity contribution in [2.75, 3.05) is 14.1 Å². The molecule has 1 aromatic rings. The highest BCUT2D eigenvalue weighted by Crippen LogP contribution is 2.37. The van der Waals surface area contributed by atoms with E-state index in [-0.39, 0.29) is 5.78 Å². The van der Waals surface area contributed by atoms with Gasteiger partial charge in [0.1, 0.15) is 5.69 Å². The summed E-state index contributed by atoms with van der Waals surface area (Å²) >= 11 is 0. The average Bonchev–Trinajstić information content (AvgIpc) is 2.38. The van der Waals surface area contributed by atoms with E-state index in [9.17, 15) is 4.79 Å². The van der Waals surface area contributed by atoms with E-state index in [2.05, 4.69) is 21.8 Å². The minimum atomic E-state index is -0.395. The molecule has 0 aromatic carbocycles. The van der Waals surface area contributed by atoms with E-state index in [1.165, 1.54) is 6.42 Å². The first-order valence-electron chi connectivity index (χ1n) is 6.54. The number of hydrogen-bond donors (Lipinski definition) is 0. The predicted octanol–water partition coefficient (Wildman–Crippen LogP) is 2.17. The maximum Gasteiger partial charge on any atom is 0.202 e. The number of carbonyl (C=O) groups excluding carboxylic acids is 1. The highest BCUT2D eigenvalue weighted by atomic mass is 16.1. The van der Waals surface area contributed by atoms with E-state index in [0.29, 0.717) is 11.6 Å². The molecule has 0 amide bonds. The summed E-state index contributed by atoms with van der Waals surface area (Å²) in [6, 6.07) is 0. The Kier molecular flexibility index (Phi) is 3.76. The standard InChI is InChI=1S/C14H21N3O/c1-11-5-4-6-14(9-11,17(2)3)13(18)12-10-15-7-8-16-12/h7-8,10-11H,4-6,9H2,1-3H3. The van der Waals surface area contributed by atoms with E-state index in [4.69, 9.17) is 0 Å². The van der Waals surface area contributed by atoms with Crippen LogP contribution in [0.1, 0.15) is 43.1 Å². The smallest absolute Gasteiger partial charge is 0.202 e. The van der Waals surface area contributed by atoms with Crippen molar-refractivity contribution in [1.29, 1.82) is 0 Å². The number of Topliss-reactive ketones (excluding diaryl/α,β-unsaturated/α-hetero) is 1. The summed E-state index contributed by atoms with van der Waals surface area (Å²) < 4.78 is 0. The van der Waals surface area contributed by atoms with Crippen molar-refractivity contribution in [2.24, 2.45) is 5.92 Å². The van der Waals surface area contributed by atoms with E-state index >= 15 is 0 Å². The molecule has 1 aromatic heterocycles. The molecule has 2 atom stereocenters. The largest absolute Gasteiger partial charge is 0.297 e. The quantitative estimate of drug-likeness (QED) is 0.768. The Morgan fingerprint density at radius 2 is 2.22 bits per heavy atom. The van der Waals surface area contributed by atoms with E-state index in [1.807, 2.05) is 14.1 Å². The van der Waals surface area contributed by atoms with Crippen LogP contribution < -0.4 is 0 Å². The Morgan fingerprint density at radius 3 is 2.78 bits per heavy atom. The highest BCUT2D eigenvalue weighted by Gasteiger charge is 2.44. The van der Waals surface area contributed by atoms with Crippen LogP contribution in [0.15, 0.2) is 18.6 Å². The van der Waals surface area contributed by atoms with Crippen molar-refractivity contribution in [2.45, 2.75) is 38.1 Å². The first-order chi connectivity index (χ1) is 8.56. The Hall–Kier alpha value is -1.29. The van der Waals surface area contributed by atoms with Crippen molar-refractivity contribution >= 4 is 5.78 Å². The lowest BCUT2D eigenvalue weighted by Gasteiger charge is -2.43. The molecule has 0 radical (unpaired) electrons. The van der Waals surface area contributed by atoms with Crippen LogP contribution in [0.2, 0.25) is 0 Å². The van der Waals surface area contributed by atoms with Gasteiger partial charge in [-0.05, 0) is 32.9 Å². The van der Waals surface area contributed by atoms with Crippen molar-refractivity contribution in [3.05, 3.63) is 24.3 Å². The third-order valence-electron chi connectivity index (χ3n) is 4.05. The van der Waals surface area contributed by atoms with Gasteiger partial charge in [0, 0.05) is 12.4 Å². The van der Waals surface area contributed by atoms with Gasteiger partial charge in [0.2, 0.25) is 5.78 Å². The summed E-state index contributed by atoms with van der Waals surface area (Å²) in [6.45, 7) is 2.22. The van der Waals surface area contributed by atoms with Crippen LogP contribution in [0.3, 0.4) is 0 Å². The van der Waals surface area contributed by atoms with Crippen LogP contribution in [-0.2, 0) is 0 Å². The van der Waals surface area contributed by atoms with Gasteiger partial charge < -0.3 is 0 Å². The summed E-state index contributed by atoms with van der Waals surface area (Å²) in [5, 5.41) is 0. The summed E-state index contributed by atoms with van der Waals surface area (Å²) in [5.74, 6) is 0.703. The van der Waals surface area contributed by atoms with Gasteiger partial charge in [-0.2, -0.15) is 0 Å². The minimum absolute atomic E-state index is 0.118. The second kappa shape index (κ2) is 5.14. The van der Waals surface area contributed by atoms with Crippen LogP contribution in [0.4, 0.5) is 0 Å². The zero-order chi connectivity index (χ0) is 13.2. The number of carbonyl (C=O) groups is 1. The molecule has 4 nitrogen and oxygen atoms in total. The number of rotatable bonds is 3. The summed E-state index contributed by atoms with van der Waals surface area (Å²) in [4.78, 5) is 23.0. The second-order valence-corrected chi connectivity index (χ2v) is 5.55. The van der Waals surface area contributed by atoms with Gasteiger partial charge in [-0.1, -0.05) is 19.8 Å². The summed E-state index contributed by atoms with van der Waals surface area (Å²) in [6.07, 6.45) is 8.90. The van der Waals surface area contributed by atoms with Crippen LogP contribution in [0.25, 0.3) is 0 Å². The molecule has 98 valence electrons. The lowest BCUT2D eigenvalue weighted by Crippen LogP contribution is -2.54. The Bertz CT molecular complexity index is 418. The maximum atomic E-state index is 12.8. The third-order valence-corrected chi connectivity index (χ3v) is 4.05. The van der Waals surface area contributed by atoms with Crippen LogP contribution in [-0.4, -0.2) is 40.3 Å². The maximum absolute atomic E-state index is 12.8. The molecule has 1 fully saturated rings. The zero-order valence-corrected chi connectivity index (χ0v) is 11.4. The number of ketones is 1. The van der Waals surface area contributed by atoms with Crippen LogP contribution in [0, 0.1) is 5.92 Å². The SMILES string of the molecule is CC1CCCC(C(=O)c2cnccn2)(N(C)C)C1. The summed E-state index contributed by atoms with van der Waals surface area (Å²) in [5.41, 5.74) is 0.0913. The fourth-order valence-electron chi connectivity index (χ4n) is 2.99. The van der Waals surface area contributed by atoms with E-state index < -0.39 is 5.54 Å². The second-order valence-electron chi connectivity index (χ2n) is 5.55. The fraction of sp³-hybridized carbons (Fsp3) is 0.643. The molecule has 1 heterocycles. The zero-order valence-electron chi connectivity index (χ0n) is 11.4. The molecule has 2 unspecified atom stereocenters. The topological polar surface area (TPSA) is 46.1 Å². The lowest BCUT2D eigenvalue weighted by molar-refractivity contribution is 0.0480. The van der Waals surface area contributed by atoms with Gasteiger partial charge >= 0.3 is 0 Å². The molecule has 0 aliphatic heterocycles. The van der Waals surface area contributed by atoms with Crippen LogP contribution >= 0.6 is 0 Å². The van der Waals surface area contributed by atoms with Gasteiger partial charge in [0.05, 0.1) is 11.7 Å². The third kappa shape index (κ3) is 2.29. The summed E-state index contributed by atoms with van der Waals surface area (Å²) in [7, 11) is 3.98. The van der Waals surface area contributed by atoms with Gasteiger partial charge in [0.15, 0.2) is 0 Å². The van der Waals surface area contributed by atoms with Crippen molar-refractivity contribution in [3.63, 3.8) is 0 Å². The number of hydrogen-bond acceptors (Lipinski definition) is 4. The fourth-order valence-corrected chi connectivity index (χ4v) is 2.99. The van der Waals surface area contributed by atoms with Crippen LogP contribution in [0.5, 0.6) is 0 Å². The molecule has 2 rings (SSSR count). The predicted molar refractivity (Wildman–Crippen MR) is 70.4 cm³/mol. The van der Waals surface area contributed by atoms with Crippen molar-refractivity contribution in [1.82, 2.24) is 14.9 Å². The van der Waals surface area contributed by atoms with Gasteiger partial charge in [-0.15, -0.1) is 0 Å². The van der Waals surface area contributed by atoms with E-state index in [0.717, 1.165) is 19.3 Å². The molecule has 18 heavy (non-hydrogen) atoms. The number of aromatic nitrogens is 2. The van der Waals surface area contributed by atoms with Gasteiger partial charge in [-0.25, -0.2) is 4.98 Å². The van der Waals surface area contributed by atoms with Gasteiger partial charge in [-0.3, -0.25) is 14.7 Å². The molecule has 4 heteroatoms. The molecule has 0 spiro atoms. The molecule has 0 bridgehead atoms. The highest BCUT2D eigenvalue weighted by molar-refractivity contribution is 6.01. The first-order valence-corrected chi connectivity index (χ1v) is 6.54. The molecule has 0 N–H and O–H groups in total. The molecule has 1 aliphatic carbocycles. The Morgan fingerprint density at radius 1 is 1.44 bits per heavy atom. The Balaban J connectivity index is 2.33. The van der Waals surface area contributed by atoms with Crippen molar-refractivity contribution < 1.29 is 4.79 Å².